The number of nitrogens with one attached hydrogen (secondary N) is 1. The van der Waals surface area contributed by atoms with Crippen LogP contribution in [0.25, 0.3) is 0 Å². The van der Waals surface area contributed by atoms with E-state index in [1.165, 1.54) is 0 Å². The summed E-state index contributed by atoms with van der Waals surface area (Å²) in [6, 6.07) is 11.6. The van der Waals surface area contributed by atoms with Crippen LogP contribution in [-0.2, 0) is 11.2 Å². The predicted octanol–water partition coefficient (Wildman–Crippen LogP) is 3.49. The first-order valence-corrected chi connectivity index (χ1v) is 6.56. The number of nitrogens with zero attached hydrogens (tertiary/aromatic N) is 1. The second kappa shape index (κ2) is 6.70. The van der Waals surface area contributed by atoms with Crippen molar-refractivity contribution < 1.29 is 9.53 Å². The maximum absolute atomic E-state index is 11.8. The SMILES string of the molecule is Cc1cccc(C)c1NC(=O)OCCc1ccccn1. The van der Waals surface area contributed by atoms with Crippen molar-refractivity contribution in [2.75, 3.05) is 11.9 Å². The summed E-state index contributed by atoms with van der Waals surface area (Å²) in [4.78, 5) is 15.9. The molecule has 0 radical (unpaired) electrons. The number of carbonyl (C=O) groups excluding carboxylic acids is 1. The zero-order valence-corrected chi connectivity index (χ0v) is 11.7. The molecule has 2 aromatic rings. The van der Waals surface area contributed by atoms with Gasteiger partial charge in [0.1, 0.15) is 0 Å². The van der Waals surface area contributed by atoms with Gasteiger partial charge in [-0.15, -0.1) is 0 Å². The maximum atomic E-state index is 11.8. The normalized spacial score (nSPS) is 10.1. The third kappa shape index (κ3) is 3.82. The number of para-hydroxylation sites is 1. The van der Waals surface area contributed by atoms with Crippen molar-refractivity contribution >= 4 is 11.8 Å². The van der Waals surface area contributed by atoms with Crippen molar-refractivity contribution in [1.29, 1.82) is 0 Å². The molecule has 20 heavy (non-hydrogen) atoms. The highest BCUT2D eigenvalue weighted by molar-refractivity contribution is 5.86. The summed E-state index contributed by atoms with van der Waals surface area (Å²) >= 11 is 0. The van der Waals surface area contributed by atoms with E-state index in [4.69, 9.17) is 4.74 Å². The summed E-state index contributed by atoms with van der Waals surface area (Å²) in [5.74, 6) is 0. The van der Waals surface area contributed by atoms with Crippen LogP contribution in [-0.4, -0.2) is 17.7 Å². The molecule has 0 aliphatic rings. The van der Waals surface area contributed by atoms with Gasteiger partial charge in [-0.05, 0) is 37.1 Å². The zero-order chi connectivity index (χ0) is 14.4. The molecule has 0 spiro atoms. The first-order valence-electron chi connectivity index (χ1n) is 6.56. The third-order valence-corrected chi connectivity index (χ3v) is 3.03. The van der Waals surface area contributed by atoms with Crippen molar-refractivity contribution in [3.63, 3.8) is 0 Å². The molecule has 0 unspecified atom stereocenters. The fourth-order valence-corrected chi connectivity index (χ4v) is 1.94. The van der Waals surface area contributed by atoms with Crippen LogP contribution in [0.2, 0.25) is 0 Å². The van der Waals surface area contributed by atoms with E-state index in [1.54, 1.807) is 6.20 Å². The summed E-state index contributed by atoms with van der Waals surface area (Å²) in [7, 11) is 0. The maximum Gasteiger partial charge on any atom is 0.411 e. The summed E-state index contributed by atoms with van der Waals surface area (Å²) in [6.07, 6.45) is 1.91. The van der Waals surface area contributed by atoms with E-state index in [9.17, 15) is 4.79 Å². The van der Waals surface area contributed by atoms with Crippen molar-refractivity contribution in [2.24, 2.45) is 0 Å². The molecule has 2 rings (SSSR count). The van der Waals surface area contributed by atoms with Crippen molar-refractivity contribution in [3.8, 4) is 0 Å². The Morgan fingerprint density at radius 1 is 1.15 bits per heavy atom. The van der Waals surface area contributed by atoms with E-state index in [1.807, 2.05) is 50.2 Å². The van der Waals surface area contributed by atoms with Crippen molar-refractivity contribution in [1.82, 2.24) is 4.98 Å². The molecule has 104 valence electrons. The topological polar surface area (TPSA) is 51.2 Å². The highest BCUT2D eigenvalue weighted by Crippen LogP contribution is 2.19. The number of ether oxygens (including phenoxy) is 1. The number of aromatic nitrogens is 1. The summed E-state index contributed by atoms with van der Waals surface area (Å²) in [5, 5.41) is 2.78. The number of pyridine rings is 1. The average Bonchev–Trinajstić information content (AvgIpc) is 2.44. The number of aryl methyl sites for hydroxylation is 2. The quantitative estimate of drug-likeness (QED) is 0.925. The van der Waals surface area contributed by atoms with E-state index in [0.717, 1.165) is 22.5 Å². The van der Waals surface area contributed by atoms with Gasteiger partial charge in [-0.25, -0.2) is 4.79 Å². The Hall–Kier alpha value is -2.36. The van der Waals surface area contributed by atoms with Gasteiger partial charge >= 0.3 is 6.09 Å². The number of amides is 1. The number of hydrogen-bond donors (Lipinski definition) is 1. The molecule has 1 amide bonds. The van der Waals surface area contributed by atoms with Crippen LogP contribution in [0.5, 0.6) is 0 Å². The molecule has 1 aromatic carbocycles. The van der Waals surface area contributed by atoms with Gasteiger partial charge in [0.15, 0.2) is 0 Å². The monoisotopic (exact) mass is 270 g/mol. The fourth-order valence-electron chi connectivity index (χ4n) is 1.94. The van der Waals surface area contributed by atoms with E-state index in [-0.39, 0.29) is 0 Å². The number of rotatable bonds is 4. The van der Waals surface area contributed by atoms with Crippen LogP contribution < -0.4 is 5.32 Å². The van der Waals surface area contributed by atoms with Crippen molar-refractivity contribution in [3.05, 3.63) is 59.4 Å². The van der Waals surface area contributed by atoms with E-state index >= 15 is 0 Å². The lowest BCUT2D eigenvalue weighted by Crippen LogP contribution is -2.16. The van der Waals surface area contributed by atoms with Gasteiger partial charge in [-0.3, -0.25) is 10.3 Å². The van der Waals surface area contributed by atoms with E-state index < -0.39 is 6.09 Å². The Labute approximate surface area is 118 Å². The molecular formula is C16H18N2O2. The second-order valence-electron chi connectivity index (χ2n) is 4.60. The highest BCUT2D eigenvalue weighted by Gasteiger charge is 2.07. The fraction of sp³-hybridized carbons (Fsp3) is 0.250. The molecule has 4 nitrogen and oxygen atoms in total. The summed E-state index contributed by atoms with van der Waals surface area (Å²) in [5.41, 5.74) is 3.76. The van der Waals surface area contributed by atoms with Crippen molar-refractivity contribution in [2.45, 2.75) is 20.3 Å². The molecule has 0 atom stereocenters. The van der Waals surface area contributed by atoms with Crippen LogP contribution in [0.4, 0.5) is 10.5 Å². The molecule has 0 bridgehead atoms. The molecule has 1 N–H and O–H groups in total. The molecule has 0 aliphatic heterocycles. The molecule has 1 aromatic heterocycles. The number of benzene rings is 1. The van der Waals surface area contributed by atoms with Gasteiger partial charge in [0, 0.05) is 24.0 Å². The first-order chi connectivity index (χ1) is 9.66. The van der Waals surface area contributed by atoms with E-state index in [2.05, 4.69) is 10.3 Å². The van der Waals surface area contributed by atoms with Gasteiger partial charge in [0.05, 0.1) is 6.61 Å². The molecular weight excluding hydrogens is 252 g/mol. The third-order valence-electron chi connectivity index (χ3n) is 3.03. The lowest BCUT2D eigenvalue weighted by molar-refractivity contribution is 0.162. The minimum absolute atomic E-state index is 0.313. The summed E-state index contributed by atoms with van der Waals surface area (Å²) in [6.45, 7) is 4.22. The van der Waals surface area contributed by atoms with Gasteiger partial charge in [0.25, 0.3) is 0 Å². The number of anilines is 1. The lowest BCUT2D eigenvalue weighted by Gasteiger charge is -2.11. The Morgan fingerprint density at radius 3 is 2.55 bits per heavy atom. The van der Waals surface area contributed by atoms with Gasteiger partial charge < -0.3 is 4.74 Å². The smallest absolute Gasteiger partial charge is 0.411 e. The van der Waals surface area contributed by atoms with Gasteiger partial charge in [0.2, 0.25) is 0 Å². The number of carbonyl (C=O) groups is 1. The minimum atomic E-state index is -0.432. The largest absolute Gasteiger partial charge is 0.449 e. The van der Waals surface area contributed by atoms with Crippen LogP contribution in [0.1, 0.15) is 16.8 Å². The van der Waals surface area contributed by atoms with Crippen LogP contribution in [0.15, 0.2) is 42.6 Å². The molecule has 0 fully saturated rings. The Bertz CT molecular complexity index is 562. The van der Waals surface area contributed by atoms with Crippen LogP contribution >= 0.6 is 0 Å². The highest BCUT2D eigenvalue weighted by atomic mass is 16.5. The number of hydrogen-bond acceptors (Lipinski definition) is 3. The van der Waals surface area contributed by atoms with E-state index in [0.29, 0.717) is 13.0 Å². The first kappa shape index (κ1) is 14.1. The average molecular weight is 270 g/mol. The molecule has 0 saturated heterocycles. The van der Waals surface area contributed by atoms with Crippen LogP contribution in [0, 0.1) is 13.8 Å². The molecule has 4 heteroatoms. The molecule has 1 heterocycles. The zero-order valence-electron chi connectivity index (χ0n) is 11.7. The lowest BCUT2D eigenvalue weighted by atomic mass is 10.1. The van der Waals surface area contributed by atoms with Gasteiger partial charge in [-0.2, -0.15) is 0 Å². The van der Waals surface area contributed by atoms with Gasteiger partial charge in [-0.1, -0.05) is 24.3 Å². The standard InChI is InChI=1S/C16H18N2O2/c1-12-6-5-7-13(2)15(12)18-16(19)20-11-9-14-8-3-4-10-17-14/h3-8,10H,9,11H2,1-2H3,(H,18,19). The Morgan fingerprint density at radius 2 is 1.90 bits per heavy atom. The van der Waals surface area contributed by atoms with Crippen LogP contribution in [0.3, 0.4) is 0 Å². The summed E-state index contributed by atoms with van der Waals surface area (Å²) < 4.78 is 5.17. The molecule has 0 aliphatic carbocycles. The Balaban J connectivity index is 1.84. The minimum Gasteiger partial charge on any atom is -0.449 e. The second-order valence-corrected chi connectivity index (χ2v) is 4.60. The predicted molar refractivity (Wildman–Crippen MR) is 78.8 cm³/mol. The molecule has 0 saturated carbocycles. The Kier molecular flexibility index (Phi) is 4.71.